The van der Waals surface area contributed by atoms with E-state index in [-0.39, 0.29) is 11.5 Å². The van der Waals surface area contributed by atoms with Crippen LogP contribution in [-0.4, -0.2) is 29.3 Å². The zero-order valence-corrected chi connectivity index (χ0v) is 14.2. The highest BCUT2D eigenvalue weighted by Gasteiger charge is 2.39. The summed E-state index contributed by atoms with van der Waals surface area (Å²) in [6.07, 6.45) is 3.06. The van der Waals surface area contributed by atoms with Gasteiger partial charge in [0, 0.05) is 23.4 Å². The second-order valence-corrected chi connectivity index (χ2v) is 8.05. The van der Waals surface area contributed by atoms with Gasteiger partial charge in [0.15, 0.2) is 0 Å². The Kier molecular flexibility index (Phi) is 4.75. The number of hydrogen-bond donors (Lipinski definition) is 2. The molecule has 20 heavy (non-hydrogen) atoms. The van der Waals surface area contributed by atoms with Crippen molar-refractivity contribution in [2.75, 3.05) is 18.6 Å². The molecule has 1 aliphatic rings. The van der Waals surface area contributed by atoms with E-state index in [2.05, 4.69) is 31.3 Å². The molecule has 0 radical (unpaired) electrons. The summed E-state index contributed by atoms with van der Waals surface area (Å²) in [6.45, 7) is 7.01. The van der Waals surface area contributed by atoms with E-state index >= 15 is 0 Å². The minimum atomic E-state index is -0.684. The highest BCUT2D eigenvalue weighted by molar-refractivity contribution is 7.98. The van der Waals surface area contributed by atoms with Crippen LogP contribution >= 0.6 is 23.4 Å². The maximum Gasteiger partial charge on any atom is 0.0833 e. The average molecular weight is 314 g/mol. The van der Waals surface area contributed by atoms with E-state index in [1.54, 1.807) is 11.8 Å². The SMILES string of the molecule is CSCC(C)(O)CNC1c2cc(Cl)ccc2CC1(C)C. The lowest BCUT2D eigenvalue weighted by Gasteiger charge is -2.32. The van der Waals surface area contributed by atoms with Gasteiger partial charge in [0.2, 0.25) is 0 Å². The topological polar surface area (TPSA) is 32.3 Å². The minimum Gasteiger partial charge on any atom is -0.388 e. The van der Waals surface area contributed by atoms with Gasteiger partial charge < -0.3 is 10.4 Å². The van der Waals surface area contributed by atoms with Crippen LogP contribution in [0, 0.1) is 5.41 Å². The molecule has 0 fully saturated rings. The number of halogens is 1. The highest BCUT2D eigenvalue weighted by Crippen LogP contribution is 2.45. The third-order valence-electron chi connectivity index (χ3n) is 3.99. The summed E-state index contributed by atoms with van der Waals surface area (Å²) in [5.74, 6) is 0.732. The van der Waals surface area contributed by atoms with Crippen LogP contribution in [0.4, 0.5) is 0 Å². The monoisotopic (exact) mass is 313 g/mol. The molecular formula is C16H24ClNOS. The largest absolute Gasteiger partial charge is 0.388 e. The average Bonchev–Trinajstić information content (AvgIpc) is 2.56. The Morgan fingerprint density at radius 1 is 1.50 bits per heavy atom. The Labute approximate surface area is 131 Å². The molecule has 0 amide bonds. The molecule has 2 atom stereocenters. The summed E-state index contributed by atoms with van der Waals surface area (Å²) in [7, 11) is 0. The van der Waals surface area contributed by atoms with Gasteiger partial charge in [-0.15, -0.1) is 0 Å². The van der Waals surface area contributed by atoms with Crippen molar-refractivity contribution >= 4 is 23.4 Å². The van der Waals surface area contributed by atoms with Gasteiger partial charge >= 0.3 is 0 Å². The molecule has 2 unspecified atom stereocenters. The maximum absolute atomic E-state index is 10.3. The zero-order chi connectivity index (χ0) is 15.0. The highest BCUT2D eigenvalue weighted by atomic mass is 35.5. The normalized spacial score (nSPS) is 23.4. The van der Waals surface area contributed by atoms with Crippen molar-refractivity contribution in [1.29, 1.82) is 0 Å². The van der Waals surface area contributed by atoms with Crippen molar-refractivity contribution in [1.82, 2.24) is 5.32 Å². The zero-order valence-electron chi connectivity index (χ0n) is 12.7. The van der Waals surface area contributed by atoms with Gasteiger partial charge in [0.1, 0.15) is 0 Å². The molecule has 2 nitrogen and oxygen atoms in total. The lowest BCUT2D eigenvalue weighted by atomic mass is 9.85. The number of aliphatic hydroxyl groups is 1. The smallest absolute Gasteiger partial charge is 0.0833 e. The summed E-state index contributed by atoms with van der Waals surface area (Å²) in [6, 6.07) is 6.39. The molecule has 0 heterocycles. The molecule has 112 valence electrons. The fraction of sp³-hybridized carbons (Fsp3) is 0.625. The van der Waals surface area contributed by atoms with Crippen molar-refractivity contribution in [3.05, 3.63) is 34.3 Å². The van der Waals surface area contributed by atoms with Crippen LogP contribution in [0.15, 0.2) is 18.2 Å². The van der Waals surface area contributed by atoms with Crippen LogP contribution in [0.3, 0.4) is 0 Å². The van der Waals surface area contributed by atoms with Gasteiger partial charge in [-0.3, -0.25) is 0 Å². The maximum atomic E-state index is 10.3. The Hall–Kier alpha value is -0.220. The first-order chi connectivity index (χ1) is 9.25. The molecule has 2 rings (SSSR count). The Balaban J connectivity index is 2.17. The summed E-state index contributed by atoms with van der Waals surface area (Å²) < 4.78 is 0. The third kappa shape index (κ3) is 3.51. The van der Waals surface area contributed by atoms with Crippen molar-refractivity contribution in [2.24, 2.45) is 5.41 Å². The van der Waals surface area contributed by atoms with E-state index in [9.17, 15) is 5.11 Å². The molecule has 0 aromatic heterocycles. The fourth-order valence-corrected chi connectivity index (χ4v) is 3.98. The summed E-state index contributed by atoms with van der Waals surface area (Å²) in [4.78, 5) is 0. The first-order valence-electron chi connectivity index (χ1n) is 6.98. The van der Waals surface area contributed by atoms with Crippen LogP contribution in [0.1, 0.15) is 37.9 Å². The van der Waals surface area contributed by atoms with E-state index in [4.69, 9.17) is 11.6 Å². The molecule has 1 aliphatic carbocycles. The number of fused-ring (bicyclic) bond motifs is 1. The molecular weight excluding hydrogens is 290 g/mol. The fourth-order valence-electron chi connectivity index (χ4n) is 3.08. The molecule has 4 heteroatoms. The van der Waals surface area contributed by atoms with Crippen molar-refractivity contribution in [3.63, 3.8) is 0 Å². The lowest BCUT2D eigenvalue weighted by molar-refractivity contribution is 0.0750. The van der Waals surface area contributed by atoms with Gasteiger partial charge in [0.05, 0.1) is 5.60 Å². The third-order valence-corrected chi connectivity index (χ3v) is 5.13. The first kappa shape index (κ1) is 16.2. The van der Waals surface area contributed by atoms with Crippen molar-refractivity contribution in [2.45, 2.75) is 38.8 Å². The van der Waals surface area contributed by atoms with Crippen LogP contribution in [-0.2, 0) is 6.42 Å². The Morgan fingerprint density at radius 3 is 2.85 bits per heavy atom. The van der Waals surface area contributed by atoms with Gasteiger partial charge in [-0.25, -0.2) is 0 Å². The minimum absolute atomic E-state index is 0.141. The molecule has 0 saturated carbocycles. The number of rotatable bonds is 5. The second kappa shape index (κ2) is 5.88. The van der Waals surface area contributed by atoms with Gasteiger partial charge in [-0.05, 0) is 48.3 Å². The van der Waals surface area contributed by atoms with Crippen LogP contribution in [0.5, 0.6) is 0 Å². The molecule has 0 spiro atoms. The molecule has 1 aromatic rings. The van der Waals surface area contributed by atoms with Crippen molar-refractivity contribution < 1.29 is 5.11 Å². The molecule has 0 saturated heterocycles. The number of hydrogen-bond acceptors (Lipinski definition) is 3. The van der Waals surface area contributed by atoms with E-state index in [1.807, 2.05) is 19.2 Å². The van der Waals surface area contributed by atoms with Gasteiger partial charge in [0.25, 0.3) is 0 Å². The predicted octanol–water partition coefficient (Wildman–Crippen LogP) is 3.67. The summed E-state index contributed by atoms with van der Waals surface area (Å²) in [5.41, 5.74) is 2.10. The quantitative estimate of drug-likeness (QED) is 0.870. The van der Waals surface area contributed by atoms with Crippen LogP contribution < -0.4 is 5.32 Å². The first-order valence-corrected chi connectivity index (χ1v) is 8.75. The predicted molar refractivity (Wildman–Crippen MR) is 88.7 cm³/mol. The number of nitrogens with one attached hydrogen (secondary N) is 1. The standard InChI is InChI=1S/C16H24ClNOS/c1-15(2)8-11-5-6-12(17)7-13(11)14(15)18-9-16(3,19)10-20-4/h5-7,14,18-19H,8-10H2,1-4H3. The van der Waals surface area contributed by atoms with E-state index < -0.39 is 5.60 Å². The van der Waals surface area contributed by atoms with Gasteiger partial charge in [-0.2, -0.15) is 11.8 Å². The Morgan fingerprint density at radius 2 is 2.20 bits per heavy atom. The van der Waals surface area contributed by atoms with Crippen LogP contribution in [0.25, 0.3) is 0 Å². The number of thioether (sulfide) groups is 1. The van der Waals surface area contributed by atoms with Gasteiger partial charge in [-0.1, -0.05) is 31.5 Å². The van der Waals surface area contributed by atoms with E-state index in [0.717, 1.165) is 17.2 Å². The molecule has 2 N–H and O–H groups in total. The summed E-state index contributed by atoms with van der Waals surface area (Å²) >= 11 is 7.81. The molecule has 0 bridgehead atoms. The second-order valence-electron chi connectivity index (χ2n) is 6.75. The number of benzene rings is 1. The lowest BCUT2D eigenvalue weighted by Crippen LogP contribution is -2.43. The summed E-state index contributed by atoms with van der Waals surface area (Å²) in [5, 5.41) is 14.7. The molecule has 1 aromatic carbocycles. The van der Waals surface area contributed by atoms with E-state index in [0.29, 0.717) is 6.54 Å². The Bertz CT molecular complexity index is 487. The van der Waals surface area contributed by atoms with E-state index in [1.165, 1.54) is 11.1 Å². The molecule has 0 aliphatic heterocycles. The van der Waals surface area contributed by atoms with Crippen molar-refractivity contribution in [3.8, 4) is 0 Å². The van der Waals surface area contributed by atoms with Crippen LogP contribution in [0.2, 0.25) is 5.02 Å².